The Kier molecular flexibility index (Phi) is 6.31. The Balaban J connectivity index is 1.06. The van der Waals surface area contributed by atoms with Gasteiger partial charge in [0.15, 0.2) is 0 Å². The molecule has 0 saturated carbocycles. The summed E-state index contributed by atoms with van der Waals surface area (Å²) in [6.07, 6.45) is 12.0. The molecule has 0 radical (unpaired) electrons. The van der Waals surface area contributed by atoms with Crippen LogP contribution < -0.4 is 0 Å². The molecular formula is C49H32N2O. The lowest BCUT2D eigenvalue weighted by Crippen LogP contribution is -1.94. The van der Waals surface area contributed by atoms with E-state index in [2.05, 4.69) is 179 Å². The van der Waals surface area contributed by atoms with Gasteiger partial charge in [0.1, 0.15) is 11.2 Å². The summed E-state index contributed by atoms with van der Waals surface area (Å²) in [6.45, 7) is 0. The first kappa shape index (κ1) is 28.9. The molecule has 0 fully saturated rings. The summed E-state index contributed by atoms with van der Waals surface area (Å²) in [6, 6.07) is 54.9. The van der Waals surface area contributed by atoms with Gasteiger partial charge < -0.3 is 13.6 Å². The number of furan rings is 1. The van der Waals surface area contributed by atoms with Gasteiger partial charge >= 0.3 is 0 Å². The van der Waals surface area contributed by atoms with Crippen molar-refractivity contribution in [1.82, 2.24) is 9.13 Å². The Bertz CT molecular complexity index is 3160. The van der Waals surface area contributed by atoms with E-state index in [1.807, 2.05) is 12.1 Å². The van der Waals surface area contributed by atoms with Gasteiger partial charge in [-0.15, -0.1) is 0 Å². The predicted octanol–water partition coefficient (Wildman–Crippen LogP) is 13.5. The maximum absolute atomic E-state index is 6.44. The minimum Gasteiger partial charge on any atom is -0.455 e. The van der Waals surface area contributed by atoms with E-state index in [0.29, 0.717) is 0 Å². The van der Waals surface area contributed by atoms with Crippen molar-refractivity contribution in [2.45, 2.75) is 6.42 Å². The van der Waals surface area contributed by atoms with E-state index in [1.54, 1.807) is 0 Å². The summed E-state index contributed by atoms with van der Waals surface area (Å²) in [7, 11) is 0. The fourth-order valence-corrected chi connectivity index (χ4v) is 8.37. The van der Waals surface area contributed by atoms with Crippen molar-refractivity contribution >= 4 is 71.2 Å². The zero-order chi connectivity index (χ0) is 34.2. The Morgan fingerprint density at radius 1 is 0.442 bits per heavy atom. The minimum absolute atomic E-state index is 0.913. The number of rotatable bonds is 4. The largest absolute Gasteiger partial charge is 0.455 e. The fourth-order valence-electron chi connectivity index (χ4n) is 8.37. The van der Waals surface area contributed by atoms with Crippen LogP contribution in [0.25, 0.3) is 99.2 Å². The predicted molar refractivity (Wildman–Crippen MR) is 219 cm³/mol. The molecule has 3 nitrogen and oxygen atoms in total. The Morgan fingerprint density at radius 2 is 1.08 bits per heavy atom. The van der Waals surface area contributed by atoms with E-state index in [1.165, 1.54) is 60.4 Å². The monoisotopic (exact) mass is 664 g/mol. The van der Waals surface area contributed by atoms with Crippen LogP contribution in [0.15, 0.2) is 186 Å². The third-order valence-corrected chi connectivity index (χ3v) is 10.7. The second kappa shape index (κ2) is 11.3. The molecule has 10 aromatic rings. The van der Waals surface area contributed by atoms with Crippen LogP contribution in [0.4, 0.5) is 0 Å². The highest BCUT2D eigenvalue weighted by Gasteiger charge is 2.18. The summed E-state index contributed by atoms with van der Waals surface area (Å²) in [4.78, 5) is 0. The van der Waals surface area contributed by atoms with Gasteiger partial charge in [-0.2, -0.15) is 0 Å². The number of aromatic nitrogens is 2. The standard InChI is InChI=1S/C49H32N2O/c1-2-4-15-35(14-3-1)50-44-22-8-5-17-38(44)42-30-32(25-27-46(42)50)33-26-28-47-43(31-33)39-18-6-9-23-45(39)51(47)36-16-11-13-34(29-36)37-20-12-21-41-40-19-7-10-24-48(40)52-49(37)41/h1,3-31H,2H2. The molecule has 244 valence electrons. The molecular weight excluding hydrogens is 633 g/mol. The van der Waals surface area contributed by atoms with Crippen LogP contribution in [-0.4, -0.2) is 9.13 Å². The van der Waals surface area contributed by atoms with Crippen molar-refractivity contribution in [2.75, 3.05) is 0 Å². The van der Waals surface area contributed by atoms with E-state index < -0.39 is 0 Å². The molecule has 3 heterocycles. The summed E-state index contributed by atoms with van der Waals surface area (Å²) in [5.41, 5.74) is 13.6. The first-order valence-corrected chi connectivity index (χ1v) is 17.9. The van der Waals surface area contributed by atoms with Crippen LogP contribution in [0.3, 0.4) is 0 Å². The van der Waals surface area contributed by atoms with E-state index in [9.17, 15) is 0 Å². The topological polar surface area (TPSA) is 23.0 Å². The molecule has 1 aliphatic rings. The van der Waals surface area contributed by atoms with E-state index in [4.69, 9.17) is 4.42 Å². The van der Waals surface area contributed by atoms with Crippen molar-refractivity contribution in [1.29, 1.82) is 0 Å². The highest BCUT2D eigenvalue weighted by atomic mass is 16.3. The Labute approximate surface area is 300 Å². The number of hydrogen-bond acceptors (Lipinski definition) is 1. The molecule has 0 spiro atoms. The lowest BCUT2D eigenvalue weighted by atomic mass is 10.0. The molecule has 0 bridgehead atoms. The van der Waals surface area contributed by atoms with E-state index >= 15 is 0 Å². The van der Waals surface area contributed by atoms with Crippen molar-refractivity contribution in [3.05, 3.63) is 182 Å². The van der Waals surface area contributed by atoms with Crippen molar-refractivity contribution in [3.63, 3.8) is 0 Å². The lowest BCUT2D eigenvalue weighted by Gasteiger charge is -2.11. The number of fused-ring (bicyclic) bond motifs is 9. The number of nitrogens with zero attached hydrogens (tertiary/aromatic N) is 2. The molecule has 52 heavy (non-hydrogen) atoms. The van der Waals surface area contributed by atoms with Gasteiger partial charge in [-0.25, -0.2) is 0 Å². The summed E-state index contributed by atoms with van der Waals surface area (Å²) >= 11 is 0. The lowest BCUT2D eigenvalue weighted by molar-refractivity contribution is 0.670. The second-order valence-corrected chi connectivity index (χ2v) is 13.7. The van der Waals surface area contributed by atoms with Crippen LogP contribution in [0.2, 0.25) is 0 Å². The smallest absolute Gasteiger partial charge is 0.143 e. The number of hydrogen-bond donors (Lipinski definition) is 0. The van der Waals surface area contributed by atoms with Crippen LogP contribution in [-0.2, 0) is 0 Å². The number of allylic oxidation sites excluding steroid dienone is 6. The summed E-state index contributed by atoms with van der Waals surface area (Å²) in [5, 5.41) is 7.28. The van der Waals surface area contributed by atoms with Gasteiger partial charge in [0.25, 0.3) is 0 Å². The average Bonchev–Trinajstić information content (AvgIpc) is 3.77. The molecule has 0 unspecified atom stereocenters. The van der Waals surface area contributed by atoms with Crippen LogP contribution in [0, 0.1) is 0 Å². The van der Waals surface area contributed by atoms with Crippen molar-refractivity contribution < 1.29 is 4.42 Å². The van der Waals surface area contributed by atoms with Gasteiger partial charge in [-0.1, -0.05) is 115 Å². The van der Waals surface area contributed by atoms with Crippen molar-refractivity contribution in [3.8, 4) is 27.9 Å². The Hall–Kier alpha value is -6.84. The van der Waals surface area contributed by atoms with Crippen LogP contribution in [0.1, 0.15) is 6.42 Å². The molecule has 0 aliphatic heterocycles. The Morgan fingerprint density at radius 3 is 1.87 bits per heavy atom. The molecule has 3 aromatic heterocycles. The number of benzene rings is 7. The van der Waals surface area contributed by atoms with Gasteiger partial charge in [0.2, 0.25) is 0 Å². The first-order valence-electron chi connectivity index (χ1n) is 17.9. The normalized spacial score (nSPS) is 13.3. The van der Waals surface area contributed by atoms with Crippen LogP contribution in [0.5, 0.6) is 0 Å². The highest BCUT2D eigenvalue weighted by Crippen LogP contribution is 2.40. The summed E-state index contributed by atoms with van der Waals surface area (Å²) in [5.74, 6) is 0. The van der Waals surface area contributed by atoms with Gasteiger partial charge in [0.05, 0.1) is 22.1 Å². The number of para-hydroxylation sites is 4. The zero-order valence-electron chi connectivity index (χ0n) is 28.3. The molecule has 0 N–H and O–H groups in total. The molecule has 1 aliphatic carbocycles. The van der Waals surface area contributed by atoms with Gasteiger partial charge in [-0.05, 0) is 89.9 Å². The van der Waals surface area contributed by atoms with Crippen LogP contribution >= 0.6 is 0 Å². The second-order valence-electron chi connectivity index (χ2n) is 13.7. The van der Waals surface area contributed by atoms with E-state index in [0.717, 1.165) is 45.2 Å². The maximum atomic E-state index is 6.44. The minimum atomic E-state index is 0.913. The quantitative estimate of drug-likeness (QED) is 0.184. The third kappa shape index (κ3) is 4.33. The third-order valence-electron chi connectivity index (χ3n) is 10.7. The first-order chi connectivity index (χ1) is 25.8. The molecule has 7 aromatic carbocycles. The molecule has 3 heteroatoms. The highest BCUT2D eigenvalue weighted by molar-refractivity contribution is 6.14. The fraction of sp³-hybridized carbons (Fsp3) is 0.0204. The zero-order valence-corrected chi connectivity index (χ0v) is 28.3. The molecule has 0 amide bonds. The molecule has 0 atom stereocenters. The summed E-state index contributed by atoms with van der Waals surface area (Å²) < 4.78 is 11.2. The molecule has 11 rings (SSSR count). The maximum Gasteiger partial charge on any atom is 0.143 e. The molecule has 0 saturated heterocycles. The van der Waals surface area contributed by atoms with Crippen molar-refractivity contribution in [2.24, 2.45) is 0 Å². The van der Waals surface area contributed by atoms with Gasteiger partial charge in [-0.3, -0.25) is 0 Å². The average molecular weight is 665 g/mol. The van der Waals surface area contributed by atoms with E-state index in [-0.39, 0.29) is 0 Å². The van der Waals surface area contributed by atoms with Gasteiger partial charge in [0, 0.05) is 49.3 Å². The SMILES string of the molecule is C1=CCC=CC(n2c3ccccc3c3cc(-c4ccc5c(c4)c4ccccc4n5-c4cccc(-c5cccc6c5oc5ccccc56)c4)ccc32)=C1.